The van der Waals surface area contributed by atoms with E-state index in [-0.39, 0.29) is 11.9 Å². The Hall–Kier alpha value is -1.35. The fraction of sp³-hybridized carbons (Fsp3) is 0.500. The summed E-state index contributed by atoms with van der Waals surface area (Å²) >= 11 is 0. The minimum Gasteiger partial charge on any atom is -0.352 e. The Bertz CT molecular complexity index is 346. The van der Waals surface area contributed by atoms with E-state index in [1.165, 1.54) is 5.56 Å². The van der Waals surface area contributed by atoms with Crippen molar-refractivity contribution in [2.45, 2.75) is 39.2 Å². The Labute approximate surface area is 103 Å². The van der Waals surface area contributed by atoms with Crippen LogP contribution in [0.1, 0.15) is 30.9 Å². The minimum absolute atomic E-state index is 0.0535. The summed E-state index contributed by atoms with van der Waals surface area (Å²) in [7, 11) is 0. The summed E-state index contributed by atoms with van der Waals surface area (Å²) in [6, 6.07) is 8.14. The van der Waals surface area contributed by atoms with Gasteiger partial charge in [0.05, 0.1) is 6.42 Å². The Kier molecular flexibility index (Phi) is 5.70. The van der Waals surface area contributed by atoms with Gasteiger partial charge in [0.15, 0.2) is 0 Å². The quantitative estimate of drug-likeness (QED) is 0.788. The van der Waals surface area contributed by atoms with E-state index in [0.29, 0.717) is 13.0 Å². The van der Waals surface area contributed by atoms with Crippen LogP contribution >= 0.6 is 0 Å². The number of amides is 1. The molecule has 1 aromatic carbocycles. The molecule has 0 aliphatic carbocycles. The highest BCUT2D eigenvalue weighted by Crippen LogP contribution is 2.04. The van der Waals surface area contributed by atoms with Crippen LogP contribution in [0.2, 0.25) is 0 Å². The van der Waals surface area contributed by atoms with E-state index in [9.17, 15) is 4.79 Å². The topological polar surface area (TPSA) is 55.1 Å². The predicted octanol–water partition coefficient (Wildman–Crippen LogP) is 1.78. The normalized spacial score (nSPS) is 12.2. The fourth-order valence-electron chi connectivity index (χ4n) is 1.77. The van der Waals surface area contributed by atoms with Crippen molar-refractivity contribution in [1.82, 2.24) is 5.32 Å². The lowest BCUT2D eigenvalue weighted by Gasteiger charge is -2.15. The smallest absolute Gasteiger partial charge is 0.224 e. The zero-order valence-electron chi connectivity index (χ0n) is 10.7. The first-order valence-electron chi connectivity index (χ1n) is 6.20. The highest BCUT2D eigenvalue weighted by Gasteiger charge is 2.09. The van der Waals surface area contributed by atoms with E-state index >= 15 is 0 Å². The molecule has 0 radical (unpaired) electrons. The van der Waals surface area contributed by atoms with Gasteiger partial charge in [0.1, 0.15) is 0 Å². The molecule has 1 amide bonds. The first kappa shape index (κ1) is 13.7. The third kappa shape index (κ3) is 5.00. The second-order valence-corrected chi connectivity index (χ2v) is 4.45. The first-order chi connectivity index (χ1) is 8.15. The summed E-state index contributed by atoms with van der Waals surface area (Å²) in [5.41, 5.74) is 7.86. The lowest BCUT2D eigenvalue weighted by molar-refractivity contribution is -0.121. The van der Waals surface area contributed by atoms with Crippen molar-refractivity contribution in [1.29, 1.82) is 0 Å². The molecule has 17 heavy (non-hydrogen) atoms. The molecule has 0 aliphatic heterocycles. The van der Waals surface area contributed by atoms with Crippen molar-refractivity contribution < 1.29 is 4.79 Å². The van der Waals surface area contributed by atoms with Gasteiger partial charge in [-0.2, -0.15) is 0 Å². The molecule has 0 saturated carbocycles. The predicted molar refractivity (Wildman–Crippen MR) is 70.8 cm³/mol. The van der Waals surface area contributed by atoms with Gasteiger partial charge in [-0.05, 0) is 18.9 Å². The van der Waals surface area contributed by atoms with Crippen LogP contribution < -0.4 is 11.1 Å². The number of nitrogens with one attached hydrogen (secondary N) is 1. The van der Waals surface area contributed by atoms with Gasteiger partial charge in [0.2, 0.25) is 5.91 Å². The van der Waals surface area contributed by atoms with Crippen molar-refractivity contribution in [2.75, 3.05) is 6.54 Å². The van der Waals surface area contributed by atoms with Crippen molar-refractivity contribution >= 4 is 5.91 Å². The monoisotopic (exact) mass is 234 g/mol. The molecular weight excluding hydrogens is 212 g/mol. The lowest BCUT2D eigenvalue weighted by atomic mass is 10.1. The van der Waals surface area contributed by atoms with Crippen LogP contribution in [0.3, 0.4) is 0 Å². The number of hydrogen-bond acceptors (Lipinski definition) is 2. The van der Waals surface area contributed by atoms with Crippen LogP contribution in [-0.2, 0) is 11.2 Å². The molecule has 1 rings (SSSR count). The van der Waals surface area contributed by atoms with Crippen molar-refractivity contribution in [3.8, 4) is 0 Å². The summed E-state index contributed by atoms with van der Waals surface area (Å²) < 4.78 is 0. The third-order valence-corrected chi connectivity index (χ3v) is 2.77. The number of aryl methyl sites for hydroxylation is 1. The van der Waals surface area contributed by atoms with E-state index in [0.717, 1.165) is 18.4 Å². The van der Waals surface area contributed by atoms with Crippen molar-refractivity contribution in [3.05, 3.63) is 35.4 Å². The molecule has 94 valence electrons. The van der Waals surface area contributed by atoms with Gasteiger partial charge >= 0.3 is 0 Å². The third-order valence-electron chi connectivity index (χ3n) is 2.77. The molecular formula is C14H22N2O. The molecule has 3 heteroatoms. The Morgan fingerprint density at radius 2 is 2.00 bits per heavy atom. The molecule has 1 atom stereocenters. The number of rotatable bonds is 6. The molecule has 0 saturated heterocycles. The molecule has 1 unspecified atom stereocenters. The Morgan fingerprint density at radius 3 is 2.53 bits per heavy atom. The maximum atomic E-state index is 11.8. The van der Waals surface area contributed by atoms with Crippen LogP contribution in [0.4, 0.5) is 0 Å². The van der Waals surface area contributed by atoms with Crippen LogP contribution in [-0.4, -0.2) is 18.5 Å². The number of carbonyl (C=O) groups is 1. The Morgan fingerprint density at radius 1 is 1.35 bits per heavy atom. The van der Waals surface area contributed by atoms with Crippen LogP contribution in [0, 0.1) is 6.92 Å². The van der Waals surface area contributed by atoms with E-state index in [1.807, 2.05) is 31.2 Å². The molecule has 0 heterocycles. The lowest BCUT2D eigenvalue weighted by Crippen LogP contribution is -2.40. The summed E-state index contributed by atoms with van der Waals surface area (Å²) in [5.74, 6) is 0.0535. The fourth-order valence-corrected chi connectivity index (χ4v) is 1.77. The number of hydrogen-bond donors (Lipinski definition) is 2. The summed E-state index contributed by atoms with van der Waals surface area (Å²) in [6.45, 7) is 4.64. The summed E-state index contributed by atoms with van der Waals surface area (Å²) in [6.07, 6.45) is 2.41. The highest BCUT2D eigenvalue weighted by atomic mass is 16.1. The number of carbonyl (C=O) groups excluding carboxylic acids is 1. The molecule has 1 aromatic rings. The summed E-state index contributed by atoms with van der Waals surface area (Å²) in [5, 5.41) is 2.97. The van der Waals surface area contributed by atoms with Crippen LogP contribution in [0.15, 0.2) is 24.3 Å². The minimum atomic E-state index is 0.0535. The van der Waals surface area contributed by atoms with Gasteiger partial charge < -0.3 is 11.1 Å². The molecule has 0 bridgehead atoms. The largest absolute Gasteiger partial charge is 0.352 e. The van der Waals surface area contributed by atoms with E-state index in [1.54, 1.807) is 0 Å². The Balaban J connectivity index is 2.46. The van der Waals surface area contributed by atoms with Crippen LogP contribution in [0.5, 0.6) is 0 Å². The molecule has 0 fully saturated rings. The van der Waals surface area contributed by atoms with E-state index < -0.39 is 0 Å². The average molecular weight is 234 g/mol. The maximum Gasteiger partial charge on any atom is 0.224 e. The van der Waals surface area contributed by atoms with Gasteiger partial charge in [0, 0.05) is 12.6 Å². The first-order valence-corrected chi connectivity index (χ1v) is 6.20. The maximum absolute atomic E-state index is 11.8. The zero-order valence-corrected chi connectivity index (χ0v) is 10.7. The van der Waals surface area contributed by atoms with E-state index in [2.05, 4.69) is 12.2 Å². The zero-order chi connectivity index (χ0) is 12.7. The molecule has 3 nitrogen and oxygen atoms in total. The standard InChI is InChI=1S/C14H22N2O/c1-3-4-13(10-15)16-14(17)9-12-7-5-11(2)6-8-12/h5-8,13H,3-4,9-10,15H2,1-2H3,(H,16,17). The van der Waals surface area contributed by atoms with Gasteiger partial charge in [-0.15, -0.1) is 0 Å². The number of nitrogens with two attached hydrogens (primary N) is 1. The summed E-state index contributed by atoms with van der Waals surface area (Å²) in [4.78, 5) is 11.8. The highest BCUT2D eigenvalue weighted by molar-refractivity contribution is 5.78. The average Bonchev–Trinajstić information content (AvgIpc) is 2.31. The van der Waals surface area contributed by atoms with Gasteiger partial charge in [-0.1, -0.05) is 43.2 Å². The molecule has 0 aliphatic rings. The molecule has 3 N–H and O–H groups in total. The van der Waals surface area contributed by atoms with E-state index in [4.69, 9.17) is 5.73 Å². The van der Waals surface area contributed by atoms with Gasteiger partial charge in [-0.25, -0.2) is 0 Å². The van der Waals surface area contributed by atoms with Crippen molar-refractivity contribution in [3.63, 3.8) is 0 Å². The van der Waals surface area contributed by atoms with Gasteiger partial charge in [0.25, 0.3) is 0 Å². The van der Waals surface area contributed by atoms with Gasteiger partial charge in [-0.3, -0.25) is 4.79 Å². The molecule has 0 aromatic heterocycles. The second-order valence-electron chi connectivity index (χ2n) is 4.45. The SMILES string of the molecule is CCCC(CN)NC(=O)Cc1ccc(C)cc1. The van der Waals surface area contributed by atoms with Crippen molar-refractivity contribution in [2.24, 2.45) is 5.73 Å². The van der Waals surface area contributed by atoms with Crippen LogP contribution in [0.25, 0.3) is 0 Å². The second kappa shape index (κ2) is 7.07. The molecule has 0 spiro atoms. The number of benzene rings is 1.